The van der Waals surface area contributed by atoms with Crippen LogP contribution in [-0.2, 0) is 12.8 Å². The molecule has 0 aliphatic rings. The molecule has 0 spiro atoms. The lowest BCUT2D eigenvalue weighted by atomic mass is 10.1. The Balaban J connectivity index is 1.59. The Hall–Kier alpha value is -2.66. The molecule has 0 radical (unpaired) electrons. The zero-order valence-corrected chi connectivity index (χ0v) is 15.1. The van der Waals surface area contributed by atoms with Gasteiger partial charge < -0.3 is 14.4 Å². The number of hydrogen-bond acceptors (Lipinski definition) is 5. The first kappa shape index (κ1) is 18.1. The van der Waals surface area contributed by atoms with Crippen LogP contribution in [0, 0.1) is 5.92 Å². The molecule has 0 bridgehead atoms. The molecule has 0 fully saturated rings. The number of aliphatic hydroxyl groups is 1. The van der Waals surface area contributed by atoms with E-state index >= 15 is 0 Å². The molecule has 0 unspecified atom stereocenters. The van der Waals surface area contributed by atoms with Gasteiger partial charge in [0.15, 0.2) is 0 Å². The van der Waals surface area contributed by atoms with Gasteiger partial charge in [-0.15, -0.1) is 0 Å². The van der Waals surface area contributed by atoms with Gasteiger partial charge in [-0.25, -0.2) is 0 Å². The summed E-state index contributed by atoms with van der Waals surface area (Å²) in [5.41, 5.74) is 2.13. The Morgan fingerprint density at radius 1 is 1.00 bits per heavy atom. The highest BCUT2D eigenvalue weighted by atomic mass is 16.5. The summed E-state index contributed by atoms with van der Waals surface area (Å²) in [4.78, 5) is 4.39. The Kier molecular flexibility index (Phi) is 6.02. The molecule has 0 amide bonds. The number of hydrogen-bond donors (Lipinski definition) is 1. The van der Waals surface area contributed by atoms with E-state index in [0.717, 1.165) is 17.7 Å². The molecule has 3 aromatic rings. The van der Waals surface area contributed by atoms with Crippen molar-refractivity contribution in [2.24, 2.45) is 5.92 Å². The van der Waals surface area contributed by atoms with E-state index in [-0.39, 0.29) is 18.6 Å². The van der Waals surface area contributed by atoms with Crippen molar-refractivity contribution < 1.29 is 14.4 Å². The molecule has 0 aliphatic heterocycles. The molecule has 0 saturated heterocycles. The second-order valence-corrected chi connectivity index (χ2v) is 6.65. The quantitative estimate of drug-likeness (QED) is 0.665. The van der Waals surface area contributed by atoms with Gasteiger partial charge in [0.05, 0.1) is 6.10 Å². The number of rotatable bonds is 8. The van der Waals surface area contributed by atoms with Gasteiger partial charge in [-0.05, 0) is 42.7 Å². The third-order valence-corrected chi connectivity index (χ3v) is 4.12. The summed E-state index contributed by atoms with van der Waals surface area (Å²) in [6.07, 6.45) is 1.52. The first-order valence-electron chi connectivity index (χ1n) is 8.88. The number of aromatic nitrogens is 2. The Morgan fingerprint density at radius 3 is 2.42 bits per heavy atom. The fourth-order valence-electron chi connectivity index (χ4n) is 2.72. The van der Waals surface area contributed by atoms with Crippen molar-refractivity contribution in [3.8, 4) is 17.1 Å². The van der Waals surface area contributed by atoms with Gasteiger partial charge in [-0.3, -0.25) is 0 Å². The Labute approximate surface area is 153 Å². The second-order valence-electron chi connectivity index (χ2n) is 6.65. The van der Waals surface area contributed by atoms with Crippen LogP contribution in [0.1, 0.15) is 25.3 Å². The van der Waals surface area contributed by atoms with Crippen molar-refractivity contribution in [1.82, 2.24) is 10.1 Å². The maximum atomic E-state index is 9.11. The zero-order chi connectivity index (χ0) is 18.4. The Morgan fingerprint density at radius 2 is 1.73 bits per heavy atom. The minimum Gasteiger partial charge on any atom is -0.490 e. The highest BCUT2D eigenvalue weighted by Gasteiger charge is 2.12. The van der Waals surface area contributed by atoms with E-state index < -0.39 is 0 Å². The zero-order valence-electron chi connectivity index (χ0n) is 15.1. The largest absolute Gasteiger partial charge is 0.490 e. The van der Waals surface area contributed by atoms with E-state index in [1.807, 2.05) is 49.4 Å². The minimum absolute atomic E-state index is 0.0833. The summed E-state index contributed by atoms with van der Waals surface area (Å²) in [6.45, 7) is 4.10. The molecule has 26 heavy (non-hydrogen) atoms. The number of benzene rings is 2. The summed E-state index contributed by atoms with van der Waals surface area (Å²) in [6, 6.07) is 18.0. The van der Waals surface area contributed by atoms with Crippen LogP contribution in [0.5, 0.6) is 5.75 Å². The van der Waals surface area contributed by atoms with Gasteiger partial charge in [-0.2, -0.15) is 4.98 Å². The first-order chi connectivity index (χ1) is 12.6. The average molecular weight is 352 g/mol. The van der Waals surface area contributed by atoms with Crippen molar-refractivity contribution in [3.05, 3.63) is 66.1 Å². The fourth-order valence-corrected chi connectivity index (χ4v) is 2.72. The molecule has 1 N–H and O–H groups in total. The van der Waals surface area contributed by atoms with Crippen LogP contribution in [0.15, 0.2) is 59.1 Å². The van der Waals surface area contributed by atoms with Crippen LogP contribution in [0.25, 0.3) is 11.4 Å². The lowest BCUT2D eigenvalue weighted by molar-refractivity contribution is 0.222. The lowest BCUT2D eigenvalue weighted by Gasteiger charge is -2.15. The second kappa shape index (κ2) is 8.63. The predicted octanol–water partition coefficient (Wildman–Crippen LogP) is 3.92. The van der Waals surface area contributed by atoms with Crippen LogP contribution >= 0.6 is 0 Å². The monoisotopic (exact) mass is 352 g/mol. The van der Waals surface area contributed by atoms with Crippen molar-refractivity contribution in [3.63, 3.8) is 0 Å². The fraction of sp³-hybridized carbons (Fsp3) is 0.333. The number of ether oxygens (including phenoxy) is 1. The van der Waals surface area contributed by atoms with E-state index in [1.165, 1.54) is 5.56 Å². The van der Waals surface area contributed by atoms with Gasteiger partial charge in [0.2, 0.25) is 11.7 Å². The summed E-state index contributed by atoms with van der Waals surface area (Å²) in [5, 5.41) is 13.1. The minimum atomic E-state index is 0.0833. The van der Waals surface area contributed by atoms with Gasteiger partial charge >= 0.3 is 0 Å². The van der Waals surface area contributed by atoms with Crippen molar-refractivity contribution in [2.45, 2.75) is 32.8 Å². The predicted molar refractivity (Wildman–Crippen MR) is 99.9 cm³/mol. The van der Waals surface area contributed by atoms with Crippen molar-refractivity contribution >= 4 is 0 Å². The molecule has 5 heteroatoms. The highest BCUT2D eigenvalue weighted by Crippen LogP contribution is 2.22. The SMILES string of the molecule is C[C@H](CO)Cc1nc(-c2ccc(O[C@H](C)Cc3ccccc3)cc2)no1. The molecule has 136 valence electrons. The topological polar surface area (TPSA) is 68.4 Å². The summed E-state index contributed by atoms with van der Waals surface area (Å²) in [5.74, 6) is 2.01. The van der Waals surface area contributed by atoms with Crippen LogP contribution in [0.2, 0.25) is 0 Å². The maximum absolute atomic E-state index is 9.11. The lowest BCUT2D eigenvalue weighted by Crippen LogP contribution is -2.14. The average Bonchev–Trinajstić information content (AvgIpc) is 3.11. The van der Waals surface area contributed by atoms with Gasteiger partial charge in [0.25, 0.3) is 0 Å². The summed E-state index contributed by atoms with van der Waals surface area (Å²) >= 11 is 0. The molecule has 2 atom stereocenters. The van der Waals surface area contributed by atoms with Crippen LogP contribution in [0.4, 0.5) is 0 Å². The molecular formula is C21H24N2O3. The van der Waals surface area contributed by atoms with Gasteiger partial charge in [0, 0.05) is 25.0 Å². The van der Waals surface area contributed by atoms with E-state index in [0.29, 0.717) is 18.1 Å². The molecule has 1 heterocycles. The van der Waals surface area contributed by atoms with Crippen LogP contribution < -0.4 is 4.74 Å². The van der Waals surface area contributed by atoms with Crippen molar-refractivity contribution in [1.29, 1.82) is 0 Å². The Bertz CT molecular complexity index is 800. The number of aliphatic hydroxyl groups excluding tert-OH is 1. The molecule has 5 nitrogen and oxygen atoms in total. The molecule has 1 aromatic heterocycles. The molecule has 0 aliphatic carbocycles. The van der Waals surface area contributed by atoms with Crippen molar-refractivity contribution in [2.75, 3.05) is 6.61 Å². The summed E-state index contributed by atoms with van der Waals surface area (Å²) in [7, 11) is 0. The first-order valence-corrected chi connectivity index (χ1v) is 8.88. The molecule has 2 aromatic carbocycles. The highest BCUT2D eigenvalue weighted by molar-refractivity contribution is 5.55. The normalized spacial score (nSPS) is 13.3. The smallest absolute Gasteiger partial charge is 0.227 e. The van der Waals surface area contributed by atoms with Crippen LogP contribution in [0.3, 0.4) is 0 Å². The maximum Gasteiger partial charge on any atom is 0.227 e. The van der Waals surface area contributed by atoms with E-state index in [9.17, 15) is 0 Å². The third kappa shape index (κ3) is 4.92. The summed E-state index contributed by atoms with van der Waals surface area (Å²) < 4.78 is 11.2. The number of nitrogens with zero attached hydrogens (tertiary/aromatic N) is 2. The van der Waals surface area contributed by atoms with E-state index in [1.54, 1.807) is 0 Å². The molecule has 0 saturated carbocycles. The standard InChI is InChI=1S/C21H24N2O3/c1-15(14-24)12-20-22-21(23-26-20)18-8-10-19(11-9-18)25-16(2)13-17-6-4-3-5-7-17/h3-11,15-16,24H,12-14H2,1-2H3/t15-,16+/m0/s1. The molecule has 3 rings (SSSR count). The third-order valence-electron chi connectivity index (χ3n) is 4.12. The van der Waals surface area contributed by atoms with Gasteiger partial charge in [0.1, 0.15) is 5.75 Å². The van der Waals surface area contributed by atoms with E-state index in [4.69, 9.17) is 14.4 Å². The van der Waals surface area contributed by atoms with Crippen LogP contribution in [-0.4, -0.2) is 28.0 Å². The van der Waals surface area contributed by atoms with Gasteiger partial charge in [-0.1, -0.05) is 42.4 Å². The molecular weight excluding hydrogens is 328 g/mol. The van der Waals surface area contributed by atoms with E-state index in [2.05, 4.69) is 29.2 Å².